The molecule has 25 heavy (non-hydrogen) atoms. The summed E-state index contributed by atoms with van der Waals surface area (Å²) in [6.07, 6.45) is 0.945. The van der Waals surface area contributed by atoms with Crippen molar-refractivity contribution in [2.75, 3.05) is 0 Å². The third-order valence-corrected chi connectivity index (χ3v) is 6.10. The summed E-state index contributed by atoms with van der Waals surface area (Å²) in [5, 5.41) is 0. The number of ketones is 2. The number of esters is 1. The zero-order valence-electron chi connectivity index (χ0n) is 14.7. The van der Waals surface area contributed by atoms with Crippen LogP contribution in [0.5, 0.6) is 0 Å². The summed E-state index contributed by atoms with van der Waals surface area (Å²) >= 11 is 0. The molecule has 0 amide bonds. The Morgan fingerprint density at radius 2 is 1.96 bits per heavy atom. The van der Waals surface area contributed by atoms with Gasteiger partial charge >= 0.3 is 5.97 Å². The normalized spacial score (nSPS) is 46.6. The highest BCUT2D eigenvalue weighted by atomic mass is 16.7. The van der Waals surface area contributed by atoms with E-state index in [4.69, 9.17) is 14.2 Å². The maximum atomic E-state index is 12.5. The summed E-state index contributed by atoms with van der Waals surface area (Å²) in [7, 11) is 0. The lowest BCUT2D eigenvalue weighted by Gasteiger charge is -2.27. The molecule has 4 bridgehead atoms. The molecule has 0 saturated carbocycles. The van der Waals surface area contributed by atoms with E-state index in [1.165, 1.54) is 0 Å². The fraction of sp³-hybridized carbons (Fsp3) is 0.737. The molecule has 0 spiro atoms. The third kappa shape index (κ3) is 2.75. The van der Waals surface area contributed by atoms with E-state index in [2.05, 4.69) is 6.58 Å². The molecule has 6 nitrogen and oxygen atoms in total. The van der Waals surface area contributed by atoms with Crippen molar-refractivity contribution < 1.29 is 28.6 Å². The van der Waals surface area contributed by atoms with Crippen LogP contribution in [0.1, 0.15) is 52.4 Å². The smallest absolute Gasteiger partial charge is 0.341 e. The standard InChI is InChI=1S/C19H24O6/c1-10(2)11-4-5-19-16(25-19)15(23-17(19)22)9-18(3)8-13(21)14(24-18)7-12(20)6-11/h11,14-16H,1,4-9H2,2-3H3/t11-,14-,15+,16-,18+,19+/m0/s1. The largest absolute Gasteiger partial charge is 0.457 e. The van der Waals surface area contributed by atoms with Crippen LogP contribution < -0.4 is 0 Å². The summed E-state index contributed by atoms with van der Waals surface area (Å²) in [6.45, 7) is 7.72. The van der Waals surface area contributed by atoms with Gasteiger partial charge in [0.05, 0.1) is 5.60 Å². The van der Waals surface area contributed by atoms with Gasteiger partial charge in [-0.05, 0) is 32.6 Å². The van der Waals surface area contributed by atoms with Crippen LogP contribution in [0.15, 0.2) is 12.2 Å². The lowest BCUT2D eigenvalue weighted by atomic mass is 9.84. The molecule has 6 atom stereocenters. The van der Waals surface area contributed by atoms with Gasteiger partial charge in [0, 0.05) is 25.7 Å². The minimum Gasteiger partial charge on any atom is -0.457 e. The topological polar surface area (TPSA) is 82.2 Å². The van der Waals surface area contributed by atoms with Crippen molar-refractivity contribution in [2.24, 2.45) is 5.92 Å². The zero-order chi connectivity index (χ0) is 18.0. The Hall–Kier alpha value is -1.53. The van der Waals surface area contributed by atoms with E-state index in [0.717, 1.165) is 5.57 Å². The van der Waals surface area contributed by atoms with Gasteiger partial charge in [0.25, 0.3) is 0 Å². The van der Waals surface area contributed by atoms with E-state index in [9.17, 15) is 14.4 Å². The van der Waals surface area contributed by atoms with Crippen LogP contribution in [0.2, 0.25) is 0 Å². The predicted octanol–water partition coefficient (Wildman–Crippen LogP) is 1.89. The number of carbonyl (C=O) groups is 3. The first kappa shape index (κ1) is 16.9. The van der Waals surface area contributed by atoms with Crippen LogP contribution in [0.4, 0.5) is 0 Å². The number of hydrogen-bond donors (Lipinski definition) is 0. The number of allylic oxidation sites excluding steroid dienone is 1. The highest BCUT2D eigenvalue weighted by Crippen LogP contribution is 2.53. The average Bonchev–Trinajstić information content (AvgIpc) is 3.10. The molecule has 4 heterocycles. The Morgan fingerprint density at radius 3 is 2.64 bits per heavy atom. The molecule has 0 unspecified atom stereocenters. The van der Waals surface area contributed by atoms with Gasteiger partial charge in [-0.2, -0.15) is 0 Å². The number of rotatable bonds is 1. The van der Waals surface area contributed by atoms with E-state index in [1.54, 1.807) is 0 Å². The van der Waals surface area contributed by atoms with E-state index < -0.39 is 17.3 Å². The Labute approximate surface area is 146 Å². The Morgan fingerprint density at radius 1 is 1.20 bits per heavy atom. The number of ether oxygens (including phenoxy) is 3. The molecule has 0 aromatic carbocycles. The van der Waals surface area contributed by atoms with E-state index in [-0.39, 0.29) is 48.5 Å². The highest BCUT2D eigenvalue weighted by molar-refractivity contribution is 5.92. The molecular weight excluding hydrogens is 324 g/mol. The van der Waals surface area contributed by atoms with Crippen LogP contribution >= 0.6 is 0 Å². The van der Waals surface area contributed by atoms with Crippen molar-refractivity contribution in [3.05, 3.63) is 12.2 Å². The van der Waals surface area contributed by atoms with Gasteiger partial charge in [0.2, 0.25) is 0 Å². The molecule has 4 fully saturated rings. The fourth-order valence-electron chi connectivity index (χ4n) is 4.59. The molecule has 0 radical (unpaired) electrons. The summed E-state index contributed by atoms with van der Waals surface area (Å²) in [5.74, 6) is -0.390. The quantitative estimate of drug-likeness (QED) is 0.409. The summed E-state index contributed by atoms with van der Waals surface area (Å²) in [5.41, 5.74) is -0.673. The minimum absolute atomic E-state index is 0.00773. The monoisotopic (exact) mass is 348 g/mol. The van der Waals surface area contributed by atoms with Crippen LogP contribution in [-0.4, -0.2) is 47.0 Å². The Balaban J connectivity index is 1.62. The van der Waals surface area contributed by atoms with Gasteiger partial charge in [-0.3, -0.25) is 9.59 Å². The SMILES string of the molecule is C=C(C)[C@H]1CC[C@@]23O[C@H]2[C@@H](C[C@@]2(C)CC(=O)[C@H](CC(=O)C1)O2)OC3=O. The Bertz CT molecular complexity index is 669. The molecular formula is C19H24O6. The van der Waals surface area contributed by atoms with Crippen LogP contribution in [0, 0.1) is 5.92 Å². The second-order valence-corrected chi connectivity index (χ2v) is 8.30. The molecule has 136 valence electrons. The number of carbonyl (C=O) groups excluding carboxylic acids is 3. The molecule has 4 saturated heterocycles. The molecule has 0 aliphatic carbocycles. The first-order valence-corrected chi connectivity index (χ1v) is 8.99. The lowest BCUT2D eigenvalue weighted by Crippen LogP contribution is -2.33. The number of fused-ring (bicyclic) bond motifs is 2. The zero-order valence-corrected chi connectivity index (χ0v) is 14.7. The minimum atomic E-state index is -0.867. The van der Waals surface area contributed by atoms with Crippen LogP contribution in [0.25, 0.3) is 0 Å². The van der Waals surface area contributed by atoms with Crippen LogP contribution in [-0.2, 0) is 28.6 Å². The Kier molecular flexibility index (Phi) is 3.71. The first-order valence-electron chi connectivity index (χ1n) is 8.99. The van der Waals surface area contributed by atoms with Gasteiger partial charge in [0.15, 0.2) is 11.4 Å². The van der Waals surface area contributed by atoms with Crippen molar-refractivity contribution in [1.29, 1.82) is 0 Å². The molecule has 0 N–H and O–H groups in total. The average molecular weight is 348 g/mol. The molecule has 6 heteroatoms. The number of epoxide rings is 1. The van der Waals surface area contributed by atoms with Gasteiger partial charge in [-0.25, -0.2) is 4.79 Å². The fourth-order valence-corrected chi connectivity index (χ4v) is 4.59. The molecule has 4 aliphatic rings. The first-order chi connectivity index (χ1) is 11.7. The maximum Gasteiger partial charge on any atom is 0.341 e. The van der Waals surface area contributed by atoms with Gasteiger partial charge in [-0.1, -0.05) is 12.2 Å². The number of Topliss-reactive ketones (excluding diaryl/α,β-unsaturated/α-hetero) is 2. The van der Waals surface area contributed by atoms with Crippen molar-refractivity contribution in [3.8, 4) is 0 Å². The predicted molar refractivity (Wildman–Crippen MR) is 86.8 cm³/mol. The lowest BCUT2D eigenvalue weighted by molar-refractivity contribution is -0.158. The molecule has 0 aromatic heterocycles. The van der Waals surface area contributed by atoms with Crippen molar-refractivity contribution >= 4 is 17.5 Å². The maximum absolute atomic E-state index is 12.5. The van der Waals surface area contributed by atoms with E-state index in [1.807, 2.05) is 13.8 Å². The third-order valence-electron chi connectivity index (χ3n) is 6.10. The van der Waals surface area contributed by atoms with Crippen LogP contribution in [0.3, 0.4) is 0 Å². The van der Waals surface area contributed by atoms with Crippen molar-refractivity contribution in [2.45, 2.75) is 81.9 Å². The second-order valence-electron chi connectivity index (χ2n) is 8.30. The van der Waals surface area contributed by atoms with Gasteiger partial charge in [-0.15, -0.1) is 0 Å². The molecule has 0 aromatic rings. The van der Waals surface area contributed by atoms with E-state index in [0.29, 0.717) is 25.7 Å². The van der Waals surface area contributed by atoms with Gasteiger partial charge in [0.1, 0.15) is 24.1 Å². The molecule has 4 aliphatic heterocycles. The second kappa shape index (κ2) is 5.48. The molecule has 4 rings (SSSR count). The van der Waals surface area contributed by atoms with Crippen molar-refractivity contribution in [1.82, 2.24) is 0 Å². The van der Waals surface area contributed by atoms with Gasteiger partial charge < -0.3 is 14.2 Å². The summed E-state index contributed by atoms with van der Waals surface area (Å²) in [4.78, 5) is 37.1. The highest BCUT2D eigenvalue weighted by Gasteiger charge is 2.73. The van der Waals surface area contributed by atoms with E-state index >= 15 is 0 Å². The summed E-state index contributed by atoms with van der Waals surface area (Å²) in [6, 6.07) is 0. The summed E-state index contributed by atoms with van der Waals surface area (Å²) < 4.78 is 17.3. The number of hydrogen-bond acceptors (Lipinski definition) is 6. The van der Waals surface area contributed by atoms with Crippen molar-refractivity contribution in [3.63, 3.8) is 0 Å².